The van der Waals surface area contributed by atoms with Gasteiger partial charge in [0.1, 0.15) is 12.1 Å². The van der Waals surface area contributed by atoms with E-state index in [2.05, 4.69) is 26.2 Å². The standard InChI is InChI=1S/C17H16N6O3/c1-12(24)19-13-2-4-14(5-3-13)20-17(25)10-26-16-8-6-15(7-9-16)23-11-18-21-22-23/h2-9,11H,10H2,1H3,(H,19,24)(H,20,25). The second kappa shape index (κ2) is 7.88. The predicted octanol–water partition coefficient (Wildman–Crippen LogP) is 1.64. The normalized spacial score (nSPS) is 10.2. The Morgan fingerprint density at radius 1 is 1.00 bits per heavy atom. The van der Waals surface area contributed by atoms with Crippen molar-refractivity contribution in [1.82, 2.24) is 20.2 Å². The van der Waals surface area contributed by atoms with E-state index in [1.165, 1.54) is 17.9 Å². The van der Waals surface area contributed by atoms with Gasteiger partial charge in [0.05, 0.1) is 5.69 Å². The van der Waals surface area contributed by atoms with E-state index in [1.54, 1.807) is 48.5 Å². The van der Waals surface area contributed by atoms with Crippen LogP contribution in [0.1, 0.15) is 6.92 Å². The number of aromatic nitrogens is 4. The second-order valence-corrected chi connectivity index (χ2v) is 5.34. The average Bonchev–Trinajstić information content (AvgIpc) is 3.16. The molecule has 0 atom stereocenters. The van der Waals surface area contributed by atoms with Gasteiger partial charge in [-0.25, -0.2) is 4.68 Å². The third-order valence-corrected chi connectivity index (χ3v) is 3.31. The number of amides is 2. The van der Waals surface area contributed by atoms with Gasteiger partial charge in [-0.05, 0) is 59.0 Å². The maximum absolute atomic E-state index is 12.0. The van der Waals surface area contributed by atoms with Crippen molar-refractivity contribution >= 4 is 23.2 Å². The van der Waals surface area contributed by atoms with Crippen LogP contribution in [-0.4, -0.2) is 38.6 Å². The van der Waals surface area contributed by atoms with E-state index < -0.39 is 0 Å². The van der Waals surface area contributed by atoms with Crippen LogP contribution in [0.3, 0.4) is 0 Å². The summed E-state index contributed by atoms with van der Waals surface area (Å²) in [5.74, 6) is 0.112. The second-order valence-electron chi connectivity index (χ2n) is 5.34. The molecule has 26 heavy (non-hydrogen) atoms. The molecule has 2 amide bonds. The number of nitrogens with one attached hydrogen (secondary N) is 2. The zero-order chi connectivity index (χ0) is 18.4. The first-order chi connectivity index (χ1) is 12.6. The molecule has 0 unspecified atom stereocenters. The lowest BCUT2D eigenvalue weighted by Gasteiger charge is -2.09. The predicted molar refractivity (Wildman–Crippen MR) is 94.0 cm³/mol. The number of carbonyl (C=O) groups is 2. The molecule has 0 saturated carbocycles. The first-order valence-electron chi connectivity index (χ1n) is 7.74. The molecule has 0 fully saturated rings. The van der Waals surface area contributed by atoms with Crippen LogP contribution in [0, 0.1) is 0 Å². The van der Waals surface area contributed by atoms with Crippen LogP contribution < -0.4 is 15.4 Å². The fourth-order valence-electron chi connectivity index (χ4n) is 2.16. The van der Waals surface area contributed by atoms with Crippen molar-refractivity contribution in [3.63, 3.8) is 0 Å². The highest BCUT2D eigenvalue weighted by molar-refractivity contribution is 5.93. The van der Waals surface area contributed by atoms with Gasteiger partial charge in [0, 0.05) is 18.3 Å². The Hall–Kier alpha value is -3.75. The van der Waals surface area contributed by atoms with Crippen LogP contribution in [0.5, 0.6) is 5.75 Å². The zero-order valence-electron chi connectivity index (χ0n) is 13.9. The molecule has 132 valence electrons. The number of benzene rings is 2. The summed E-state index contributed by atoms with van der Waals surface area (Å²) in [5, 5.41) is 16.3. The minimum Gasteiger partial charge on any atom is -0.484 e. The summed E-state index contributed by atoms with van der Waals surface area (Å²) >= 11 is 0. The molecule has 0 aliphatic rings. The van der Waals surface area contributed by atoms with Gasteiger partial charge in [0.2, 0.25) is 5.91 Å². The van der Waals surface area contributed by atoms with Gasteiger partial charge < -0.3 is 15.4 Å². The summed E-state index contributed by atoms with van der Waals surface area (Å²) in [6, 6.07) is 13.8. The number of tetrazole rings is 1. The van der Waals surface area contributed by atoms with E-state index in [0.29, 0.717) is 17.1 Å². The number of anilines is 2. The molecule has 0 radical (unpaired) electrons. The van der Waals surface area contributed by atoms with Crippen LogP contribution in [0.15, 0.2) is 54.9 Å². The van der Waals surface area contributed by atoms with Crippen LogP contribution in [0.2, 0.25) is 0 Å². The zero-order valence-corrected chi connectivity index (χ0v) is 13.9. The fourth-order valence-corrected chi connectivity index (χ4v) is 2.16. The molecule has 3 aromatic rings. The monoisotopic (exact) mass is 352 g/mol. The lowest BCUT2D eigenvalue weighted by molar-refractivity contribution is -0.118. The summed E-state index contributed by atoms with van der Waals surface area (Å²) < 4.78 is 6.97. The van der Waals surface area contributed by atoms with Gasteiger partial charge in [0.15, 0.2) is 6.61 Å². The Bertz CT molecular complexity index is 876. The van der Waals surface area contributed by atoms with E-state index in [9.17, 15) is 9.59 Å². The maximum Gasteiger partial charge on any atom is 0.262 e. The molecule has 0 aliphatic heterocycles. The number of hydrogen-bond acceptors (Lipinski definition) is 6. The largest absolute Gasteiger partial charge is 0.484 e. The van der Waals surface area contributed by atoms with E-state index in [4.69, 9.17) is 4.74 Å². The summed E-state index contributed by atoms with van der Waals surface area (Å²) in [5.41, 5.74) is 2.06. The summed E-state index contributed by atoms with van der Waals surface area (Å²) in [6.07, 6.45) is 1.49. The molecule has 0 saturated heterocycles. The minimum atomic E-state index is -0.290. The molecule has 1 aromatic heterocycles. The van der Waals surface area contributed by atoms with Crippen molar-refractivity contribution in [3.8, 4) is 11.4 Å². The number of nitrogens with zero attached hydrogens (tertiary/aromatic N) is 4. The van der Waals surface area contributed by atoms with E-state index >= 15 is 0 Å². The van der Waals surface area contributed by atoms with Crippen molar-refractivity contribution in [1.29, 1.82) is 0 Å². The third-order valence-electron chi connectivity index (χ3n) is 3.31. The van der Waals surface area contributed by atoms with Gasteiger partial charge in [-0.15, -0.1) is 5.10 Å². The Kier molecular flexibility index (Phi) is 5.18. The summed E-state index contributed by atoms with van der Waals surface area (Å²) in [7, 11) is 0. The molecule has 1 heterocycles. The lowest BCUT2D eigenvalue weighted by atomic mass is 10.2. The van der Waals surface area contributed by atoms with Crippen molar-refractivity contribution in [3.05, 3.63) is 54.9 Å². The molecule has 2 aromatic carbocycles. The van der Waals surface area contributed by atoms with Crippen molar-refractivity contribution in [2.24, 2.45) is 0 Å². The van der Waals surface area contributed by atoms with Crippen LogP contribution in [-0.2, 0) is 9.59 Å². The Morgan fingerprint density at radius 3 is 2.23 bits per heavy atom. The van der Waals surface area contributed by atoms with Crippen molar-refractivity contribution in [2.75, 3.05) is 17.2 Å². The molecule has 9 heteroatoms. The van der Waals surface area contributed by atoms with Crippen molar-refractivity contribution in [2.45, 2.75) is 6.92 Å². The minimum absolute atomic E-state index is 0.127. The van der Waals surface area contributed by atoms with Gasteiger partial charge in [-0.1, -0.05) is 0 Å². The number of carbonyl (C=O) groups excluding carboxylic acids is 2. The molecule has 2 N–H and O–H groups in total. The Labute approximate surface area is 149 Å². The maximum atomic E-state index is 12.0. The third kappa shape index (κ3) is 4.63. The van der Waals surface area contributed by atoms with E-state index in [-0.39, 0.29) is 18.4 Å². The van der Waals surface area contributed by atoms with Crippen molar-refractivity contribution < 1.29 is 14.3 Å². The fraction of sp³-hybridized carbons (Fsp3) is 0.118. The molecular formula is C17H16N6O3. The highest BCUT2D eigenvalue weighted by Gasteiger charge is 2.05. The quantitative estimate of drug-likeness (QED) is 0.698. The number of rotatable bonds is 6. The average molecular weight is 352 g/mol. The molecule has 0 spiro atoms. The molecule has 0 aliphatic carbocycles. The first kappa shape index (κ1) is 17.1. The molecular weight excluding hydrogens is 336 g/mol. The highest BCUT2D eigenvalue weighted by atomic mass is 16.5. The van der Waals surface area contributed by atoms with Crippen LogP contribution in [0.25, 0.3) is 5.69 Å². The number of ether oxygens (including phenoxy) is 1. The molecule has 9 nitrogen and oxygen atoms in total. The van der Waals surface area contributed by atoms with Crippen LogP contribution >= 0.6 is 0 Å². The smallest absolute Gasteiger partial charge is 0.262 e. The molecule has 0 bridgehead atoms. The SMILES string of the molecule is CC(=O)Nc1ccc(NC(=O)COc2ccc(-n3cnnn3)cc2)cc1. The Balaban J connectivity index is 1.50. The summed E-state index contributed by atoms with van der Waals surface area (Å²) in [4.78, 5) is 22.9. The van der Waals surface area contributed by atoms with E-state index in [0.717, 1.165) is 5.69 Å². The highest BCUT2D eigenvalue weighted by Crippen LogP contribution is 2.15. The van der Waals surface area contributed by atoms with Gasteiger partial charge in [-0.2, -0.15) is 0 Å². The number of hydrogen-bond donors (Lipinski definition) is 2. The Morgan fingerprint density at radius 2 is 1.65 bits per heavy atom. The van der Waals surface area contributed by atoms with E-state index in [1.807, 2.05) is 0 Å². The first-order valence-corrected chi connectivity index (χ1v) is 7.74. The van der Waals surface area contributed by atoms with Crippen LogP contribution in [0.4, 0.5) is 11.4 Å². The summed E-state index contributed by atoms with van der Waals surface area (Å²) in [6.45, 7) is 1.31. The van der Waals surface area contributed by atoms with Gasteiger partial charge in [-0.3, -0.25) is 9.59 Å². The lowest BCUT2D eigenvalue weighted by Crippen LogP contribution is -2.20. The van der Waals surface area contributed by atoms with Gasteiger partial charge >= 0.3 is 0 Å². The topological polar surface area (TPSA) is 111 Å². The molecule has 3 rings (SSSR count). The van der Waals surface area contributed by atoms with Gasteiger partial charge in [0.25, 0.3) is 5.91 Å².